The number of hydrogen-bond acceptors (Lipinski definition) is 0. The van der Waals surface area contributed by atoms with Crippen LogP contribution in [0.25, 0.3) is 0 Å². The molecule has 0 atom stereocenters. The summed E-state index contributed by atoms with van der Waals surface area (Å²) in [5.74, 6) is 0. The summed E-state index contributed by atoms with van der Waals surface area (Å²) in [5, 5.41) is 10.1. The van der Waals surface area contributed by atoms with Gasteiger partial charge in [0, 0.05) is 0 Å². The van der Waals surface area contributed by atoms with Gasteiger partial charge in [-0.2, -0.15) is 0 Å². The van der Waals surface area contributed by atoms with Crippen LogP contribution in [-0.4, -0.2) is 42.7 Å². The van der Waals surface area contributed by atoms with Crippen LogP contribution in [0.4, 0.5) is 0 Å². The van der Waals surface area contributed by atoms with Crippen LogP contribution < -0.4 is 31.1 Å². The fraction of sp³-hybridized carbons (Fsp3) is 0.0909. The molecule has 72 heavy (non-hydrogen) atoms. The Morgan fingerprint density at radius 1 is 0.153 bits per heavy atom. The predicted molar refractivity (Wildman–Crippen MR) is 323 cm³/mol. The van der Waals surface area contributed by atoms with Crippen LogP contribution in [-0.2, 0) is 0 Å². The number of benzene rings is 6. The second-order valence-corrected chi connectivity index (χ2v) is 75.4. The Labute approximate surface area is 431 Å². The summed E-state index contributed by atoms with van der Waals surface area (Å²) >= 11 is 0. The van der Waals surface area contributed by atoms with Crippen LogP contribution in [0.3, 0.4) is 0 Å². The lowest BCUT2D eigenvalue weighted by atomic mass is 10.4. The second-order valence-electron chi connectivity index (χ2n) is 20.8. The van der Waals surface area contributed by atoms with Gasteiger partial charge in [0.25, 0.3) is 0 Å². The van der Waals surface area contributed by atoms with Crippen LogP contribution in [0.2, 0.25) is 33.2 Å². The maximum Gasteiger partial charge on any atom is 0.0932 e. The molecular weight excluding hydrogens is 961 g/mol. The van der Waals surface area contributed by atoms with E-state index in [1.807, 2.05) is 0 Å². The molecule has 13 rings (SSSR count). The van der Waals surface area contributed by atoms with E-state index in [-0.39, 0.29) is 33.2 Å². The minimum atomic E-state index is -3.47. The van der Waals surface area contributed by atoms with Crippen molar-refractivity contribution in [1.29, 1.82) is 0 Å². The smallest absolute Gasteiger partial charge is 0.0805 e. The van der Waals surface area contributed by atoms with E-state index in [0.29, 0.717) is 0 Å². The summed E-state index contributed by atoms with van der Waals surface area (Å²) in [5.41, 5.74) is 1.31. The first kappa shape index (κ1) is 45.4. The first-order chi connectivity index (χ1) is 35.8. The Bertz CT molecular complexity index is 2670. The SMILES string of the molecule is C1=CC([Si]2(c3ccccc3)[Si](c3ccccc3)(C3C=CC=C3)[Si](c3ccccc3)(C3C=CC=C3)[Si](c3ccccc3)(C3C=CC=C3)[Si](c3ccccc3)(C3C=CC=C3)[Si]2(c2ccccc2)C2C=CC=C2)C=C1. The fourth-order valence-corrected chi connectivity index (χ4v) is 255. The lowest BCUT2D eigenvalue weighted by Crippen LogP contribution is -3.19. The topological polar surface area (TPSA) is 0 Å². The summed E-state index contributed by atoms with van der Waals surface area (Å²) in [6.45, 7) is 0. The summed E-state index contributed by atoms with van der Waals surface area (Å²) in [6, 6.07) is 76.2. The number of allylic oxidation sites excluding steroid dienone is 24. The highest BCUT2D eigenvalue weighted by atomic mass is 30.2. The van der Waals surface area contributed by atoms with Crippen LogP contribution in [0, 0.1) is 0 Å². The molecule has 0 amide bonds. The van der Waals surface area contributed by atoms with Crippen molar-refractivity contribution in [1.82, 2.24) is 0 Å². The molecule has 1 aliphatic heterocycles. The predicted octanol–water partition coefficient (Wildman–Crippen LogP) is 11.6. The molecule has 6 aromatic carbocycles. The van der Waals surface area contributed by atoms with E-state index in [1.165, 1.54) is 0 Å². The second kappa shape index (κ2) is 18.2. The van der Waals surface area contributed by atoms with Gasteiger partial charge < -0.3 is 0 Å². The molecular formula is C66H60Si6. The molecule has 0 radical (unpaired) electrons. The Balaban J connectivity index is 1.51. The summed E-state index contributed by atoms with van der Waals surface area (Å²) in [7, 11) is -20.8. The zero-order valence-corrected chi connectivity index (χ0v) is 46.6. The fourth-order valence-electron chi connectivity index (χ4n) is 17.4. The van der Waals surface area contributed by atoms with Gasteiger partial charge >= 0.3 is 0 Å². The highest BCUT2D eigenvalue weighted by Gasteiger charge is 2.96. The van der Waals surface area contributed by atoms with Gasteiger partial charge in [-0.15, -0.1) is 0 Å². The Hall–Kier alpha value is -6.50. The van der Waals surface area contributed by atoms with Crippen molar-refractivity contribution in [3.63, 3.8) is 0 Å². The monoisotopic (exact) mass is 1020 g/mol. The van der Waals surface area contributed by atoms with E-state index in [4.69, 9.17) is 0 Å². The minimum Gasteiger partial charge on any atom is -0.0805 e. The van der Waals surface area contributed by atoms with Crippen molar-refractivity contribution in [2.24, 2.45) is 0 Å². The Kier molecular flexibility index (Phi) is 11.5. The highest BCUT2D eigenvalue weighted by Crippen LogP contribution is 2.70. The maximum absolute atomic E-state index is 3.47. The number of rotatable bonds is 12. The molecule has 0 nitrogen and oxygen atoms in total. The molecule has 1 fully saturated rings. The molecule has 0 spiro atoms. The Morgan fingerprint density at radius 2 is 0.264 bits per heavy atom. The standard InChI is InChI=1S/C66H60Si6/c1-7-31-55(32-8-1)67(61-43-19-20-44-61)68(62-45-21-22-46-62,56-33-9-2-10-34-56)70(64-49-25-26-50-64,58-37-13-4-14-38-58)72(66-53-29-30-54-66,60-41-17-6-18-42-60)71(65-51-27-28-52-65,59-39-15-5-16-40-59)69(67,63-47-23-24-48-63)57-35-11-3-12-36-57/h1-54,61-66H. The van der Waals surface area contributed by atoms with E-state index in [9.17, 15) is 0 Å². The average Bonchev–Trinajstić information content (AvgIpc) is 4.34. The van der Waals surface area contributed by atoms with Gasteiger partial charge in [0.05, 0.1) is 42.7 Å². The van der Waals surface area contributed by atoms with E-state index in [0.717, 1.165) is 0 Å². The summed E-state index contributed by atoms with van der Waals surface area (Å²) < 4.78 is 0. The van der Waals surface area contributed by atoms with Crippen LogP contribution >= 0.6 is 0 Å². The molecule has 0 bridgehead atoms. The van der Waals surface area contributed by atoms with Gasteiger partial charge in [-0.3, -0.25) is 0 Å². The third kappa shape index (κ3) is 5.65. The van der Waals surface area contributed by atoms with Crippen molar-refractivity contribution in [3.05, 3.63) is 328 Å². The molecule has 0 N–H and O–H groups in total. The molecule has 0 unspecified atom stereocenters. The lowest BCUT2D eigenvalue weighted by Gasteiger charge is -2.84. The maximum atomic E-state index is 2.79. The summed E-state index contributed by atoms with van der Waals surface area (Å²) in [4.78, 5) is 0. The van der Waals surface area contributed by atoms with Crippen molar-refractivity contribution in [2.75, 3.05) is 0 Å². The van der Waals surface area contributed by atoms with Gasteiger partial charge in [0.15, 0.2) is 0 Å². The van der Waals surface area contributed by atoms with Gasteiger partial charge in [-0.25, -0.2) is 0 Å². The molecule has 1 saturated heterocycles. The van der Waals surface area contributed by atoms with Gasteiger partial charge in [-0.05, 0) is 33.2 Å². The molecule has 6 aromatic rings. The molecule has 1 heterocycles. The van der Waals surface area contributed by atoms with Crippen molar-refractivity contribution >= 4 is 73.8 Å². The Morgan fingerprint density at radius 3 is 0.375 bits per heavy atom. The molecule has 0 aromatic heterocycles. The first-order valence-corrected chi connectivity index (χ1v) is 44.7. The van der Waals surface area contributed by atoms with E-state index in [2.05, 4.69) is 328 Å². The molecule has 6 aliphatic carbocycles. The largest absolute Gasteiger partial charge is 0.0932 e. The third-order valence-corrected chi connectivity index (χ3v) is 143. The number of hydrogen-bond donors (Lipinski definition) is 0. The van der Waals surface area contributed by atoms with Crippen LogP contribution in [0.1, 0.15) is 0 Å². The molecule has 6 heteroatoms. The minimum absolute atomic E-state index is 0.218. The zero-order chi connectivity index (χ0) is 48.1. The van der Waals surface area contributed by atoms with Gasteiger partial charge in [-0.1, -0.05) is 359 Å². The molecule has 0 saturated carbocycles. The molecule has 348 valence electrons. The third-order valence-electron chi connectivity index (χ3n) is 18.6. The molecule has 7 aliphatic rings. The van der Waals surface area contributed by atoms with Crippen molar-refractivity contribution in [2.45, 2.75) is 33.2 Å². The van der Waals surface area contributed by atoms with Crippen molar-refractivity contribution < 1.29 is 0 Å². The van der Waals surface area contributed by atoms with Gasteiger partial charge in [0.1, 0.15) is 0 Å². The lowest BCUT2D eigenvalue weighted by molar-refractivity contribution is 1.25. The highest BCUT2D eigenvalue weighted by molar-refractivity contribution is 8.22. The van der Waals surface area contributed by atoms with Gasteiger partial charge in [0.2, 0.25) is 0 Å². The first-order valence-electron chi connectivity index (χ1n) is 26.2. The van der Waals surface area contributed by atoms with E-state index >= 15 is 0 Å². The zero-order valence-electron chi connectivity index (χ0n) is 40.6. The van der Waals surface area contributed by atoms with Crippen LogP contribution in [0.5, 0.6) is 0 Å². The average molecular weight is 1020 g/mol. The van der Waals surface area contributed by atoms with E-state index < -0.39 is 42.7 Å². The van der Waals surface area contributed by atoms with E-state index in [1.54, 1.807) is 31.1 Å². The van der Waals surface area contributed by atoms with Crippen LogP contribution in [0.15, 0.2) is 328 Å². The summed E-state index contributed by atoms with van der Waals surface area (Å²) in [6.07, 6.45) is 63.3. The normalized spacial score (nSPS) is 30.7. The quantitative estimate of drug-likeness (QED) is 0.107. The van der Waals surface area contributed by atoms with Crippen molar-refractivity contribution in [3.8, 4) is 0 Å².